The second-order valence-electron chi connectivity index (χ2n) is 6.04. The highest BCUT2D eigenvalue weighted by atomic mass is 15.2. The molecule has 1 rings (SSSR count). The van der Waals surface area contributed by atoms with Gasteiger partial charge in [-0.05, 0) is 31.5 Å². The lowest BCUT2D eigenvalue weighted by molar-refractivity contribution is 0.111. The molecule has 2 nitrogen and oxygen atoms in total. The van der Waals surface area contributed by atoms with Gasteiger partial charge in [-0.2, -0.15) is 0 Å². The van der Waals surface area contributed by atoms with Crippen LogP contribution in [-0.2, 0) is 5.54 Å². The molecule has 0 aliphatic carbocycles. The van der Waals surface area contributed by atoms with Crippen LogP contribution >= 0.6 is 0 Å². The normalized spacial score (nSPS) is 15.9. The van der Waals surface area contributed by atoms with Crippen molar-refractivity contribution < 1.29 is 0 Å². The summed E-state index contributed by atoms with van der Waals surface area (Å²) in [6, 6.07) is 11.1. The van der Waals surface area contributed by atoms with E-state index in [1.54, 1.807) is 0 Å². The maximum atomic E-state index is 7.03. The van der Waals surface area contributed by atoms with Crippen LogP contribution in [0.5, 0.6) is 0 Å². The van der Waals surface area contributed by atoms with Gasteiger partial charge in [0.05, 0.1) is 5.54 Å². The summed E-state index contributed by atoms with van der Waals surface area (Å²) >= 11 is 0. The van der Waals surface area contributed by atoms with Gasteiger partial charge in [-0.15, -0.1) is 0 Å². The first-order valence-electron chi connectivity index (χ1n) is 8.72. The molecule has 1 aromatic rings. The molecule has 0 aromatic heterocycles. The van der Waals surface area contributed by atoms with Crippen LogP contribution < -0.4 is 5.73 Å². The van der Waals surface area contributed by atoms with Crippen molar-refractivity contribution in [2.75, 3.05) is 13.1 Å². The van der Waals surface area contributed by atoms with E-state index in [0.29, 0.717) is 6.04 Å². The molecule has 2 heteroatoms. The highest BCUT2D eigenvalue weighted by Gasteiger charge is 2.38. The van der Waals surface area contributed by atoms with Crippen molar-refractivity contribution in [1.82, 2.24) is 4.90 Å². The van der Waals surface area contributed by atoms with E-state index in [9.17, 15) is 0 Å². The first-order chi connectivity index (χ1) is 10.1. The molecule has 0 fully saturated rings. The minimum absolute atomic E-state index is 0.239. The molecular weight excluding hydrogens is 256 g/mol. The molecule has 0 amide bonds. The Bertz CT molecular complexity index is 372. The van der Waals surface area contributed by atoms with Crippen LogP contribution in [0.4, 0.5) is 0 Å². The molecule has 21 heavy (non-hydrogen) atoms. The lowest BCUT2D eigenvalue weighted by Gasteiger charge is -2.44. The van der Waals surface area contributed by atoms with Gasteiger partial charge in [-0.25, -0.2) is 0 Å². The maximum Gasteiger partial charge on any atom is 0.0567 e. The second-order valence-corrected chi connectivity index (χ2v) is 6.04. The van der Waals surface area contributed by atoms with Crippen LogP contribution in [0.2, 0.25) is 0 Å². The van der Waals surface area contributed by atoms with E-state index in [-0.39, 0.29) is 5.54 Å². The Hall–Kier alpha value is -0.860. The van der Waals surface area contributed by atoms with Gasteiger partial charge in [-0.1, -0.05) is 77.3 Å². The van der Waals surface area contributed by atoms with Gasteiger partial charge >= 0.3 is 0 Å². The van der Waals surface area contributed by atoms with Crippen molar-refractivity contribution in [2.45, 2.75) is 71.4 Å². The van der Waals surface area contributed by atoms with Crippen LogP contribution in [0.15, 0.2) is 30.3 Å². The average molecular weight is 290 g/mol. The third-order valence-corrected chi connectivity index (χ3v) is 4.65. The fraction of sp³-hybridized carbons (Fsp3) is 0.684. The molecule has 0 bridgehead atoms. The monoisotopic (exact) mass is 290 g/mol. The van der Waals surface area contributed by atoms with Crippen molar-refractivity contribution in [3.8, 4) is 0 Å². The Kier molecular flexibility index (Phi) is 7.98. The standard InChI is InChI=1S/C19H34N2/c1-5-9-15-18(21(7-3)8-4)19(20,16-6-2)17-13-11-10-12-14-17/h10-14,18H,5-9,15-16,20H2,1-4H3. The molecule has 0 aliphatic rings. The van der Waals surface area contributed by atoms with Gasteiger partial charge < -0.3 is 5.73 Å². The number of benzene rings is 1. The smallest absolute Gasteiger partial charge is 0.0567 e. The summed E-state index contributed by atoms with van der Waals surface area (Å²) in [5, 5.41) is 0. The molecule has 2 N–H and O–H groups in total. The summed E-state index contributed by atoms with van der Waals surface area (Å²) in [7, 11) is 0. The zero-order valence-corrected chi connectivity index (χ0v) is 14.4. The zero-order valence-electron chi connectivity index (χ0n) is 14.4. The molecular formula is C19H34N2. The SMILES string of the molecule is CCCCC(N(CC)CC)C(N)(CCC)c1ccccc1. The summed E-state index contributed by atoms with van der Waals surface area (Å²) in [4.78, 5) is 2.55. The van der Waals surface area contributed by atoms with Gasteiger partial charge in [0.25, 0.3) is 0 Å². The Balaban J connectivity index is 3.16. The highest BCUT2D eigenvalue weighted by molar-refractivity contribution is 5.26. The van der Waals surface area contributed by atoms with Crippen LogP contribution in [0.1, 0.15) is 65.4 Å². The summed E-state index contributed by atoms with van der Waals surface area (Å²) in [6.45, 7) is 11.1. The van der Waals surface area contributed by atoms with E-state index < -0.39 is 0 Å². The molecule has 0 saturated heterocycles. The topological polar surface area (TPSA) is 29.3 Å². The van der Waals surface area contributed by atoms with Crippen LogP contribution in [0.25, 0.3) is 0 Å². The largest absolute Gasteiger partial charge is 0.320 e. The summed E-state index contributed by atoms with van der Waals surface area (Å²) < 4.78 is 0. The molecule has 1 aromatic carbocycles. The summed E-state index contributed by atoms with van der Waals surface area (Å²) in [5.41, 5.74) is 8.08. The van der Waals surface area contributed by atoms with Crippen LogP contribution in [-0.4, -0.2) is 24.0 Å². The molecule has 0 aliphatic heterocycles. The van der Waals surface area contributed by atoms with Crippen molar-refractivity contribution in [1.29, 1.82) is 0 Å². The van der Waals surface area contributed by atoms with E-state index >= 15 is 0 Å². The van der Waals surface area contributed by atoms with Gasteiger partial charge in [-0.3, -0.25) is 4.90 Å². The van der Waals surface area contributed by atoms with E-state index in [4.69, 9.17) is 5.73 Å². The first kappa shape index (κ1) is 18.2. The van der Waals surface area contributed by atoms with Gasteiger partial charge in [0.1, 0.15) is 0 Å². The molecule has 0 radical (unpaired) electrons. The van der Waals surface area contributed by atoms with E-state index in [0.717, 1.165) is 25.9 Å². The predicted molar refractivity (Wildman–Crippen MR) is 93.4 cm³/mol. The maximum absolute atomic E-state index is 7.03. The van der Waals surface area contributed by atoms with Crippen molar-refractivity contribution >= 4 is 0 Å². The molecule has 0 saturated carbocycles. The van der Waals surface area contributed by atoms with Crippen molar-refractivity contribution in [3.63, 3.8) is 0 Å². The molecule has 0 spiro atoms. The number of hydrogen-bond acceptors (Lipinski definition) is 2. The third kappa shape index (κ3) is 4.55. The number of unbranched alkanes of at least 4 members (excludes halogenated alkanes) is 1. The lowest BCUT2D eigenvalue weighted by atomic mass is 9.77. The molecule has 2 unspecified atom stereocenters. The van der Waals surface area contributed by atoms with E-state index in [2.05, 4.69) is 62.9 Å². The molecule has 2 atom stereocenters. The zero-order chi connectivity index (χ0) is 15.7. The van der Waals surface area contributed by atoms with Crippen molar-refractivity contribution in [2.24, 2.45) is 5.73 Å². The highest BCUT2D eigenvalue weighted by Crippen LogP contribution is 2.33. The third-order valence-electron chi connectivity index (χ3n) is 4.65. The van der Waals surface area contributed by atoms with Crippen molar-refractivity contribution in [3.05, 3.63) is 35.9 Å². The number of nitrogens with zero attached hydrogens (tertiary/aromatic N) is 1. The van der Waals surface area contributed by atoms with Gasteiger partial charge in [0.2, 0.25) is 0 Å². The van der Waals surface area contributed by atoms with Gasteiger partial charge in [0, 0.05) is 6.04 Å². The summed E-state index contributed by atoms with van der Waals surface area (Å²) in [6.07, 6.45) is 5.83. The number of hydrogen-bond donors (Lipinski definition) is 1. The Morgan fingerprint density at radius 1 is 1.00 bits per heavy atom. The van der Waals surface area contributed by atoms with E-state index in [1.165, 1.54) is 24.8 Å². The predicted octanol–water partition coefficient (Wildman–Crippen LogP) is 4.54. The average Bonchev–Trinajstić information content (AvgIpc) is 2.52. The minimum Gasteiger partial charge on any atom is -0.320 e. The van der Waals surface area contributed by atoms with Crippen LogP contribution in [0, 0.1) is 0 Å². The lowest BCUT2D eigenvalue weighted by Crippen LogP contribution is -2.56. The second kappa shape index (κ2) is 9.22. The van der Waals surface area contributed by atoms with Gasteiger partial charge in [0.15, 0.2) is 0 Å². The van der Waals surface area contributed by atoms with E-state index in [1.807, 2.05) is 0 Å². The quantitative estimate of drug-likeness (QED) is 0.685. The Morgan fingerprint density at radius 2 is 1.62 bits per heavy atom. The number of nitrogens with two attached hydrogens (primary N) is 1. The Labute approximate surface area is 131 Å². The fourth-order valence-corrected chi connectivity index (χ4v) is 3.49. The first-order valence-corrected chi connectivity index (χ1v) is 8.72. The molecule has 0 heterocycles. The van der Waals surface area contributed by atoms with Crippen LogP contribution in [0.3, 0.4) is 0 Å². The Morgan fingerprint density at radius 3 is 2.10 bits per heavy atom. The minimum atomic E-state index is -0.239. The fourth-order valence-electron chi connectivity index (χ4n) is 3.49. The molecule has 120 valence electrons. The summed E-state index contributed by atoms with van der Waals surface area (Å²) in [5.74, 6) is 0. The number of likely N-dealkylation sites (N-methyl/N-ethyl adjacent to an activating group) is 1. The number of rotatable bonds is 10.